The maximum atomic E-state index is 6.06. The Bertz CT molecular complexity index is 853. The highest BCUT2D eigenvalue weighted by Crippen LogP contribution is 2.20. The summed E-state index contributed by atoms with van der Waals surface area (Å²) in [6, 6.07) is 19.7. The van der Waals surface area contributed by atoms with Gasteiger partial charge in [0.1, 0.15) is 5.84 Å². The van der Waals surface area contributed by atoms with Crippen molar-refractivity contribution in [2.75, 3.05) is 11.5 Å². The van der Waals surface area contributed by atoms with Gasteiger partial charge in [-0.05, 0) is 34.5 Å². The summed E-state index contributed by atoms with van der Waals surface area (Å²) in [4.78, 5) is 4.48. The fourth-order valence-electron chi connectivity index (χ4n) is 2.43. The van der Waals surface area contributed by atoms with Gasteiger partial charge >= 0.3 is 0 Å². The van der Waals surface area contributed by atoms with E-state index in [1.807, 2.05) is 24.3 Å². The van der Waals surface area contributed by atoms with Crippen LogP contribution in [0.4, 0.5) is 11.4 Å². The van der Waals surface area contributed by atoms with Crippen molar-refractivity contribution in [2.24, 2.45) is 10.7 Å². The molecule has 0 amide bonds. The van der Waals surface area contributed by atoms with Gasteiger partial charge < -0.3 is 17.2 Å². The molecule has 0 bridgehead atoms. The Balaban J connectivity index is 0.00000192. The zero-order valence-corrected chi connectivity index (χ0v) is 13.4. The van der Waals surface area contributed by atoms with Crippen LogP contribution in [0.1, 0.15) is 11.1 Å². The van der Waals surface area contributed by atoms with Crippen LogP contribution in [0, 0.1) is 0 Å². The number of hydrogen-bond donors (Lipinski definition) is 3. The maximum Gasteiger partial charge on any atom is 0.126 e. The van der Waals surface area contributed by atoms with E-state index in [1.165, 1.54) is 10.8 Å². The minimum Gasteiger partial charge on any atom is -0.397 e. The van der Waals surface area contributed by atoms with Crippen LogP contribution in [0.15, 0.2) is 65.7 Å². The molecule has 4 nitrogen and oxygen atoms in total. The van der Waals surface area contributed by atoms with E-state index >= 15 is 0 Å². The molecular formula is C18H19ClN4. The van der Waals surface area contributed by atoms with E-state index in [9.17, 15) is 0 Å². The predicted octanol–water partition coefficient (Wildman–Crippen LogP) is 3.33. The number of nitrogen functional groups attached to an aromatic ring is 2. The van der Waals surface area contributed by atoms with Gasteiger partial charge in [0.2, 0.25) is 0 Å². The molecular weight excluding hydrogens is 308 g/mol. The number of hydrogen-bond acceptors (Lipinski definition) is 3. The average Bonchev–Trinajstić information content (AvgIpc) is 2.55. The van der Waals surface area contributed by atoms with E-state index in [0.29, 0.717) is 23.8 Å². The molecule has 6 N–H and O–H groups in total. The monoisotopic (exact) mass is 326 g/mol. The molecule has 0 aliphatic rings. The Morgan fingerprint density at radius 2 is 1.61 bits per heavy atom. The van der Waals surface area contributed by atoms with Crippen LogP contribution in [-0.4, -0.2) is 5.84 Å². The maximum absolute atomic E-state index is 6.06. The van der Waals surface area contributed by atoms with Crippen LogP contribution in [-0.2, 0) is 6.54 Å². The van der Waals surface area contributed by atoms with Crippen molar-refractivity contribution in [3.63, 3.8) is 0 Å². The highest BCUT2D eigenvalue weighted by molar-refractivity contribution is 5.99. The number of rotatable bonds is 3. The molecule has 3 rings (SSSR count). The Morgan fingerprint density at radius 1 is 0.870 bits per heavy atom. The van der Waals surface area contributed by atoms with Crippen molar-refractivity contribution in [1.29, 1.82) is 0 Å². The first kappa shape index (κ1) is 16.6. The van der Waals surface area contributed by atoms with Gasteiger partial charge in [0.25, 0.3) is 0 Å². The first-order valence-electron chi connectivity index (χ1n) is 7.07. The topological polar surface area (TPSA) is 90.4 Å². The number of amidine groups is 1. The van der Waals surface area contributed by atoms with Crippen molar-refractivity contribution in [3.8, 4) is 0 Å². The fraction of sp³-hybridized carbons (Fsp3) is 0.0556. The molecule has 0 unspecified atom stereocenters. The zero-order chi connectivity index (χ0) is 15.5. The molecule has 0 saturated carbocycles. The Morgan fingerprint density at radius 3 is 2.39 bits per heavy atom. The van der Waals surface area contributed by atoms with Gasteiger partial charge in [-0.15, -0.1) is 12.4 Å². The van der Waals surface area contributed by atoms with E-state index in [4.69, 9.17) is 17.2 Å². The third-order valence-electron chi connectivity index (χ3n) is 3.68. The van der Waals surface area contributed by atoms with Crippen LogP contribution in [0.5, 0.6) is 0 Å². The molecule has 0 aliphatic carbocycles. The lowest BCUT2D eigenvalue weighted by Crippen LogP contribution is -2.14. The minimum absolute atomic E-state index is 0. The number of fused-ring (bicyclic) bond motifs is 1. The summed E-state index contributed by atoms with van der Waals surface area (Å²) in [5, 5.41) is 2.39. The second-order valence-corrected chi connectivity index (χ2v) is 5.18. The third-order valence-corrected chi connectivity index (χ3v) is 3.68. The summed E-state index contributed by atoms with van der Waals surface area (Å²) in [7, 11) is 0. The third kappa shape index (κ3) is 3.55. The first-order valence-corrected chi connectivity index (χ1v) is 7.07. The molecule has 5 heteroatoms. The number of anilines is 2. The van der Waals surface area contributed by atoms with Crippen LogP contribution < -0.4 is 17.2 Å². The molecule has 0 aromatic heterocycles. The van der Waals surface area contributed by atoms with Gasteiger partial charge in [-0.2, -0.15) is 0 Å². The number of nitrogens with zero attached hydrogens (tertiary/aromatic N) is 1. The fourth-order valence-corrected chi connectivity index (χ4v) is 2.43. The molecule has 118 valence electrons. The Kier molecular flexibility index (Phi) is 5.09. The van der Waals surface area contributed by atoms with E-state index in [1.54, 1.807) is 12.1 Å². The van der Waals surface area contributed by atoms with Gasteiger partial charge in [0.05, 0.1) is 17.9 Å². The normalized spacial score (nSPS) is 11.2. The van der Waals surface area contributed by atoms with Crippen molar-refractivity contribution < 1.29 is 0 Å². The molecule has 3 aromatic carbocycles. The van der Waals surface area contributed by atoms with Gasteiger partial charge in [-0.3, -0.25) is 4.99 Å². The summed E-state index contributed by atoms with van der Waals surface area (Å²) in [5.41, 5.74) is 20.6. The number of benzene rings is 3. The van der Waals surface area contributed by atoms with Gasteiger partial charge in [0.15, 0.2) is 0 Å². The van der Waals surface area contributed by atoms with E-state index < -0.39 is 0 Å². The van der Waals surface area contributed by atoms with E-state index in [-0.39, 0.29) is 12.4 Å². The summed E-state index contributed by atoms with van der Waals surface area (Å²) in [6.45, 7) is 0.525. The van der Waals surface area contributed by atoms with Crippen molar-refractivity contribution in [1.82, 2.24) is 0 Å². The minimum atomic E-state index is 0. The van der Waals surface area contributed by atoms with Crippen LogP contribution in [0.3, 0.4) is 0 Å². The lowest BCUT2D eigenvalue weighted by atomic mass is 10.0. The van der Waals surface area contributed by atoms with E-state index in [0.717, 1.165) is 11.1 Å². The number of nitrogens with two attached hydrogens (primary N) is 3. The Labute approximate surface area is 141 Å². The Hall–Kier alpha value is -2.72. The molecule has 0 aliphatic heterocycles. The van der Waals surface area contributed by atoms with Crippen LogP contribution in [0.2, 0.25) is 0 Å². The summed E-state index contributed by atoms with van der Waals surface area (Å²) in [6.07, 6.45) is 0. The second-order valence-electron chi connectivity index (χ2n) is 5.18. The van der Waals surface area contributed by atoms with Crippen LogP contribution >= 0.6 is 12.4 Å². The molecule has 3 aromatic rings. The van der Waals surface area contributed by atoms with Gasteiger partial charge in [-0.1, -0.05) is 42.5 Å². The zero-order valence-electron chi connectivity index (χ0n) is 12.6. The van der Waals surface area contributed by atoms with Crippen LogP contribution in [0.25, 0.3) is 10.8 Å². The van der Waals surface area contributed by atoms with Crippen molar-refractivity contribution >= 4 is 40.4 Å². The largest absolute Gasteiger partial charge is 0.397 e. The molecule has 0 spiro atoms. The number of halogens is 1. The van der Waals surface area contributed by atoms with Crippen molar-refractivity contribution in [3.05, 3.63) is 71.8 Å². The van der Waals surface area contributed by atoms with Gasteiger partial charge in [-0.25, -0.2) is 0 Å². The SMILES string of the molecule is Cl.NC(=NCc1cccc2ccccc12)c1ccc(N)c(N)c1. The molecule has 0 fully saturated rings. The lowest BCUT2D eigenvalue weighted by Gasteiger charge is -2.07. The van der Waals surface area contributed by atoms with Crippen molar-refractivity contribution in [2.45, 2.75) is 6.54 Å². The quantitative estimate of drug-likeness (QED) is 0.391. The molecule has 0 saturated heterocycles. The molecule has 23 heavy (non-hydrogen) atoms. The summed E-state index contributed by atoms with van der Waals surface area (Å²) in [5.74, 6) is 0.458. The molecule has 0 atom stereocenters. The first-order chi connectivity index (χ1) is 10.6. The highest BCUT2D eigenvalue weighted by Gasteiger charge is 2.03. The van der Waals surface area contributed by atoms with Gasteiger partial charge in [0, 0.05) is 5.56 Å². The summed E-state index contributed by atoms with van der Waals surface area (Å²) < 4.78 is 0. The molecule has 0 radical (unpaired) electrons. The average molecular weight is 327 g/mol. The lowest BCUT2D eigenvalue weighted by molar-refractivity contribution is 1.08. The predicted molar refractivity (Wildman–Crippen MR) is 101 cm³/mol. The van der Waals surface area contributed by atoms with E-state index in [2.05, 4.69) is 29.3 Å². The molecule has 0 heterocycles. The summed E-state index contributed by atoms with van der Waals surface area (Å²) >= 11 is 0. The highest BCUT2D eigenvalue weighted by atomic mass is 35.5. The smallest absolute Gasteiger partial charge is 0.126 e. The second kappa shape index (κ2) is 7.03. The number of aliphatic imine (C=N–C) groups is 1. The standard InChI is InChI=1S/C18H18N4.ClH/c19-16-9-8-13(10-17(16)20)18(21)22-11-14-6-3-5-12-4-1-2-7-15(12)14;/h1-10H,11,19-20H2,(H2,21,22);1H.